The molecule has 1 aliphatic rings. The van der Waals surface area contributed by atoms with Crippen LogP contribution in [0.25, 0.3) is 82.8 Å². The molecule has 0 spiro atoms. The quantitative estimate of drug-likeness (QED) is 0.174. The van der Waals surface area contributed by atoms with Gasteiger partial charge in [-0.25, -0.2) is 0 Å². The van der Waals surface area contributed by atoms with Crippen LogP contribution in [-0.2, 0) is 0 Å². The summed E-state index contributed by atoms with van der Waals surface area (Å²) < 4.78 is 11.1. The third kappa shape index (κ3) is 4.28. The smallest absolute Gasteiger partial charge is 0.210 e. The van der Waals surface area contributed by atoms with Crippen LogP contribution in [-0.4, -0.2) is 4.57 Å². The van der Waals surface area contributed by atoms with Gasteiger partial charge in [0.25, 0.3) is 0 Å². The predicted molar refractivity (Wildman–Crippen MR) is 208 cm³/mol. The minimum atomic E-state index is 0.166. The zero-order valence-electron chi connectivity index (χ0n) is 27.7. The summed E-state index contributed by atoms with van der Waals surface area (Å²) in [6, 6.07) is 61.6. The Morgan fingerprint density at radius 1 is 0.412 bits per heavy atom. The van der Waals surface area contributed by atoms with E-state index in [0.717, 1.165) is 21.9 Å². The fourth-order valence-electron chi connectivity index (χ4n) is 8.41. The zero-order valence-corrected chi connectivity index (χ0v) is 27.7. The molecule has 0 amide bonds. The van der Waals surface area contributed by atoms with Gasteiger partial charge in [-0.3, -0.25) is 0 Å². The standard InChI is InChI=1S/C48H31N2O/c1-3-11-35(12-4-1)50-44-16-8-7-14-37(44)41-28-32(18-22-45(41)50)34-20-24-47-43(30-34)42-29-33(19-23-46(42)51-47)31-17-21-39-40(27-31)36-13-5-6-15-38(36)48(39)49-25-9-2-10-26-49/h1-30,48H/q+1. The van der Waals surface area contributed by atoms with Crippen molar-refractivity contribution in [1.82, 2.24) is 4.57 Å². The van der Waals surface area contributed by atoms with E-state index in [2.05, 4.69) is 191 Å². The van der Waals surface area contributed by atoms with E-state index in [-0.39, 0.29) is 6.04 Å². The molecule has 1 atom stereocenters. The molecular formula is C48H31N2O+. The van der Waals surface area contributed by atoms with Crippen molar-refractivity contribution in [2.45, 2.75) is 6.04 Å². The van der Waals surface area contributed by atoms with Crippen molar-refractivity contribution in [1.29, 1.82) is 0 Å². The monoisotopic (exact) mass is 651 g/mol. The summed E-state index contributed by atoms with van der Waals surface area (Å²) in [4.78, 5) is 0. The van der Waals surface area contributed by atoms with E-state index in [1.807, 2.05) is 0 Å². The van der Waals surface area contributed by atoms with E-state index in [9.17, 15) is 0 Å². The van der Waals surface area contributed by atoms with Crippen molar-refractivity contribution in [3.05, 3.63) is 193 Å². The van der Waals surface area contributed by atoms with E-state index in [4.69, 9.17) is 4.42 Å². The maximum Gasteiger partial charge on any atom is 0.210 e. The van der Waals surface area contributed by atoms with Gasteiger partial charge in [-0.1, -0.05) is 97.1 Å². The number of benzene rings is 7. The molecule has 0 radical (unpaired) electrons. The first-order valence-electron chi connectivity index (χ1n) is 17.5. The molecule has 0 fully saturated rings. The van der Waals surface area contributed by atoms with Crippen LogP contribution in [0.5, 0.6) is 0 Å². The highest BCUT2D eigenvalue weighted by molar-refractivity contribution is 6.11. The van der Waals surface area contributed by atoms with Crippen LogP contribution in [0.15, 0.2) is 187 Å². The van der Waals surface area contributed by atoms with Crippen molar-refractivity contribution in [3.63, 3.8) is 0 Å². The average molecular weight is 652 g/mol. The highest BCUT2D eigenvalue weighted by atomic mass is 16.3. The van der Waals surface area contributed by atoms with Crippen molar-refractivity contribution in [2.75, 3.05) is 0 Å². The fraction of sp³-hybridized carbons (Fsp3) is 0.0208. The summed E-state index contributed by atoms with van der Waals surface area (Å²) in [7, 11) is 0. The van der Waals surface area contributed by atoms with E-state index in [0.29, 0.717) is 0 Å². The summed E-state index contributed by atoms with van der Waals surface area (Å²) in [5.41, 5.74) is 15.4. The molecule has 51 heavy (non-hydrogen) atoms. The van der Waals surface area contributed by atoms with Gasteiger partial charge in [0, 0.05) is 50.5 Å². The van der Waals surface area contributed by atoms with Crippen LogP contribution in [0.2, 0.25) is 0 Å². The van der Waals surface area contributed by atoms with Crippen molar-refractivity contribution < 1.29 is 8.98 Å². The first-order valence-corrected chi connectivity index (χ1v) is 17.5. The lowest BCUT2D eigenvalue weighted by atomic mass is 9.96. The number of furan rings is 1. The average Bonchev–Trinajstić information content (AvgIpc) is 3.85. The molecule has 0 aliphatic heterocycles. The molecule has 7 aromatic carbocycles. The number of fused-ring (bicyclic) bond motifs is 9. The molecule has 1 unspecified atom stereocenters. The van der Waals surface area contributed by atoms with Crippen LogP contribution in [0, 0.1) is 0 Å². The minimum Gasteiger partial charge on any atom is -0.456 e. The summed E-state index contributed by atoms with van der Waals surface area (Å²) in [5, 5.41) is 4.76. The molecule has 11 rings (SSSR count). The summed E-state index contributed by atoms with van der Waals surface area (Å²) >= 11 is 0. The lowest BCUT2D eigenvalue weighted by Gasteiger charge is -2.10. The molecule has 1 aliphatic carbocycles. The molecule has 3 nitrogen and oxygen atoms in total. The van der Waals surface area contributed by atoms with Gasteiger partial charge in [0.15, 0.2) is 12.4 Å². The van der Waals surface area contributed by atoms with Gasteiger partial charge in [-0.15, -0.1) is 0 Å². The molecule has 238 valence electrons. The Morgan fingerprint density at radius 2 is 0.980 bits per heavy atom. The fourth-order valence-corrected chi connectivity index (χ4v) is 8.41. The number of hydrogen-bond acceptors (Lipinski definition) is 1. The Bertz CT molecular complexity index is 2970. The van der Waals surface area contributed by atoms with Crippen LogP contribution in [0.4, 0.5) is 0 Å². The largest absolute Gasteiger partial charge is 0.456 e. The Morgan fingerprint density at radius 3 is 1.76 bits per heavy atom. The zero-order chi connectivity index (χ0) is 33.5. The molecule has 0 N–H and O–H groups in total. The molecule has 0 bridgehead atoms. The van der Waals surface area contributed by atoms with Crippen LogP contribution in [0.1, 0.15) is 17.2 Å². The van der Waals surface area contributed by atoms with E-state index in [1.54, 1.807) is 0 Å². The summed E-state index contributed by atoms with van der Waals surface area (Å²) in [5.74, 6) is 0. The van der Waals surface area contributed by atoms with E-state index in [1.165, 1.54) is 72.0 Å². The maximum atomic E-state index is 6.39. The van der Waals surface area contributed by atoms with Gasteiger partial charge in [0.2, 0.25) is 6.04 Å². The third-order valence-corrected chi connectivity index (χ3v) is 10.8. The molecule has 10 aromatic rings. The maximum absolute atomic E-state index is 6.39. The Kier molecular flexibility index (Phi) is 6.02. The first kappa shape index (κ1) is 28.2. The second-order valence-corrected chi connectivity index (χ2v) is 13.6. The van der Waals surface area contributed by atoms with E-state index < -0.39 is 0 Å². The van der Waals surface area contributed by atoms with Crippen molar-refractivity contribution in [2.24, 2.45) is 0 Å². The Hall–Kier alpha value is -6.71. The Labute approximate surface area is 294 Å². The Balaban J connectivity index is 1.02. The second kappa shape index (κ2) is 10.9. The molecule has 0 saturated carbocycles. The van der Waals surface area contributed by atoms with Gasteiger partial charge in [0.05, 0.1) is 11.0 Å². The van der Waals surface area contributed by atoms with Gasteiger partial charge in [0.1, 0.15) is 11.2 Å². The van der Waals surface area contributed by atoms with Crippen LogP contribution < -0.4 is 4.57 Å². The highest BCUT2D eigenvalue weighted by Gasteiger charge is 2.35. The van der Waals surface area contributed by atoms with Crippen molar-refractivity contribution >= 4 is 43.7 Å². The predicted octanol–water partition coefficient (Wildman–Crippen LogP) is 11.9. The number of nitrogens with zero attached hydrogens (tertiary/aromatic N) is 2. The number of aromatic nitrogens is 2. The normalized spacial score (nSPS) is 13.7. The van der Waals surface area contributed by atoms with Gasteiger partial charge in [-0.2, -0.15) is 4.57 Å². The van der Waals surface area contributed by atoms with Crippen LogP contribution in [0.3, 0.4) is 0 Å². The molecule has 0 saturated heterocycles. The minimum absolute atomic E-state index is 0.166. The molecular weight excluding hydrogens is 621 g/mol. The number of pyridine rings is 1. The third-order valence-electron chi connectivity index (χ3n) is 10.8. The second-order valence-electron chi connectivity index (χ2n) is 13.6. The summed E-state index contributed by atoms with van der Waals surface area (Å²) in [6.45, 7) is 0. The van der Waals surface area contributed by atoms with Gasteiger partial charge < -0.3 is 8.98 Å². The van der Waals surface area contributed by atoms with Gasteiger partial charge in [-0.05, 0) is 94.0 Å². The first-order chi connectivity index (χ1) is 25.3. The highest BCUT2D eigenvalue weighted by Crippen LogP contribution is 2.45. The van der Waals surface area contributed by atoms with Gasteiger partial charge >= 0.3 is 0 Å². The van der Waals surface area contributed by atoms with E-state index >= 15 is 0 Å². The lowest BCUT2D eigenvalue weighted by Crippen LogP contribution is -2.38. The van der Waals surface area contributed by atoms with Crippen LogP contribution >= 0.6 is 0 Å². The number of para-hydroxylation sites is 2. The number of rotatable bonds is 4. The molecule has 3 heteroatoms. The molecule has 3 heterocycles. The van der Waals surface area contributed by atoms with Crippen molar-refractivity contribution in [3.8, 4) is 39.1 Å². The lowest BCUT2D eigenvalue weighted by molar-refractivity contribution is -0.704. The number of hydrogen-bond donors (Lipinski definition) is 0. The molecule has 3 aromatic heterocycles. The topological polar surface area (TPSA) is 21.9 Å². The summed E-state index contributed by atoms with van der Waals surface area (Å²) in [6.07, 6.45) is 4.33. The SMILES string of the molecule is c1ccc(-n2c3ccccc3c3cc(-c4ccc5oc6ccc(-c7ccc8c(c7)-c7ccccc7C8[n+]7ccccc7)cc6c5c4)ccc32)cc1.